The van der Waals surface area contributed by atoms with Crippen molar-refractivity contribution in [3.8, 4) is 0 Å². The van der Waals surface area contributed by atoms with E-state index in [1.54, 1.807) is 24.3 Å². The van der Waals surface area contributed by atoms with Gasteiger partial charge in [-0.2, -0.15) is 0 Å². The highest BCUT2D eigenvalue weighted by Crippen LogP contribution is 2.16. The van der Waals surface area contributed by atoms with Crippen LogP contribution in [0.25, 0.3) is 6.08 Å². The van der Waals surface area contributed by atoms with Gasteiger partial charge in [0.2, 0.25) is 5.91 Å². The van der Waals surface area contributed by atoms with E-state index in [0.717, 1.165) is 4.88 Å². The maximum absolute atomic E-state index is 11.6. The zero-order chi connectivity index (χ0) is 13.5. The molecule has 1 heterocycles. The van der Waals surface area contributed by atoms with Gasteiger partial charge in [-0.05, 0) is 32.1 Å². The smallest absolute Gasteiger partial charge is 0.307 e. The van der Waals surface area contributed by atoms with Gasteiger partial charge in [-0.25, -0.2) is 0 Å². The topological polar surface area (TPSA) is 55.4 Å². The Morgan fingerprint density at radius 1 is 1.50 bits per heavy atom. The highest BCUT2D eigenvalue weighted by Gasteiger charge is 2.10. The second-order valence-electron chi connectivity index (χ2n) is 3.97. The number of amides is 1. The van der Waals surface area contributed by atoms with Crippen LogP contribution in [0.4, 0.5) is 0 Å². The quantitative estimate of drug-likeness (QED) is 0.657. The molecule has 0 saturated carbocycles. The third-order valence-electron chi connectivity index (χ3n) is 2.25. The van der Waals surface area contributed by atoms with Crippen LogP contribution in [0.5, 0.6) is 0 Å². The van der Waals surface area contributed by atoms with Crippen LogP contribution in [0.15, 0.2) is 18.2 Å². The summed E-state index contributed by atoms with van der Waals surface area (Å²) in [5, 5.41) is 2.70. The third-order valence-corrected chi connectivity index (χ3v) is 3.22. The van der Waals surface area contributed by atoms with Crippen LogP contribution in [0, 0.1) is 6.92 Å². The van der Waals surface area contributed by atoms with Crippen LogP contribution in [-0.4, -0.2) is 25.0 Å². The molecule has 18 heavy (non-hydrogen) atoms. The van der Waals surface area contributed by atoms with Gasteiger partial charge in [0.25, 0.3) is 0 Å². The number of ether oxygens (including phenoxy) is 1. The molecule has 0 aliphatic heterocycles. The first-order valence-electron chi connectivity index (χ1n) is 5.63. The first kappa shape index (κ1) is 14.4. The fourth-order valence-corrected chi connectivity index (χ4v) is 2.16. The minimum absolute atomic E-state index is 0.175. The minimum Gasteiger partial charge on any atom is -0.469 e. The van der Waals surface area contributed by atoms with Crippen molar-refractivity contribution < 1.29 is 14.3 Å². The highest BCUT2D eigenvalue weighted by molar-refractivity contribution is 7.12. The average molecular weight is 267 g/mol. The predicted molar refractivity (Wildman–Crippen MR) is 72.3 cm³/mol. The van der Waals surface area contributed by atoms with Gasteiger partial charge in [-0.1, -0.05) is 0 Å². The van der Waals surface area contributed by atoms with E-state index in [0.29, 0.717) is 0 Å². The van der Waals surface area contributed by atoms with E-state index in [4.69, 9.17) is 0 Å². The molecule has 1 amide bonds. The van der Waals surface area contributed by atoms with Crippen LogP contribution in [0.1, 0.15) is 23.1 Å². The Hall–Kier alpha value is -1.62. The van der Waals surface area contributed by atoms with Gasteiger partial charge in [0, 0.05) is 21.9 Å². The van der Waals surface area contributed by atoms with E-state index < -0.39 is 0 Å². The van der Waals surface area contributed by atoms with E-state index in [1.165, 1.54) is 18.1 Å². The number of rotatable bonds is 5. The summed E-state index contributed by atoms with van der Waals surface area (Å²) in [7, 11) is 1.33. The summed E-state index contributed by atoms with van der Waals surface area (Å²) in [6.07, 6.45) is 3.41. The number of hydrogen-bond acceptors (Lipinski definition) is 4. The fraction of sp³-hybridized carbons (Fsp3) is 0.385. The van der Waals surface area contributed by atoms with Crippen molar-refractivity contribution in [2.45, 2.75) is 26.3 Å². The molecule has 98 valence electrons. The average Bonchev–Trinajstić information content (AvgIpc) is 2.72. The normalized spacial score (nSPS) is 12.4. The minimum atomic E-state index is -0.333. The van der Waals surface area contributed by atoms with Gasteiger partial charge in [0.15, 0.2) is 0 Å². The molecule has 0 aliphatic carbocycles. The van der Waals surface area contributed by atoms with E-state index in [9.17, 15) is 9.59 Å². The molecule has 1 unspecified atom stereocenters. The molecule has 1 aromatic rings. The molecule has 1 rings (SSSR count). The number of carbonyl (C=O) groups excluding carboxylic acids is 2. The Kier molecular flexibility index (Phi) is 5.58. The van der Waals surface area contributed by atoms with Crippen molar-refractivity contribution in [2.24, 2.45) is 0 Å². The molecule has 0 saturated heterocycles. The van der Waals surface area contributed by atoms with Gasteiger partial charge in [0.05, 0.1) is 13.5 Å². The lowest BCUT2D eigenvalue weighted by Gasteiger charge is -2.10. The van der Waals surface area contributed by atoms with Crippen molar-refractivity contribution in [1.82, 2.24) is 5.32 Å². The number of methoxy groups -OCH3 is 1. The molecular weight excluding hydrogens is 250 g/mol. The van der Waals surface area contributed by atoms with Gasteiger partial charge >= 0.3 is 5.97 Å². The largest absolute Gasteiger partial charge is 0.469 e. The summed E-state index contributed by atoms with van der Waals surface area (Å²) in [6.45, 7) is 3.78. The van der Waals surface area contributed by atoms with E-state index in [1.807, 2.05) is 19.1 Å². The monoisotopic (exact) mass is 267 g/mol. The molecule has 0 spiro atoms. The van der Waals surface area contributed by atoms with Gasteiger partial charge in [0.1, 0.15) is 0 Å². The maximum atomic E-state index is 11.6. The summed E-state index contributed by atoms with van der Waals surface area (Å²) >= 11 is 1.62. The van der Waals surface area contributed by atoms with Gasteiger partial charge in [-0.15, -0.1) is 11.3 Å². The van der Waals surface area contributed by atoms with Crippen LogP contribution in [0.2, 0.25) is 0 Å². The zero-order valence-corrected chi connectivity index (χ0v) is 11.5. The second kappa shape index (κ2) is 6.96. The van der Waals surface area contributed by atoms with Crippen molar-refractivity contribution in [3.05, 3.63) is 28.0 Å². The second-order valence-corrected chi connectivity index (χ2v) is 5.29. The Labute approximate surface area is 111 Å². The summed E-state index contributed by atoms with van der Waals surface area (Å²) < 4.78 is 4.53. The summed E-state index contributed by atoms with van der Waals surface area (Å²) in [4.78, 5) is 24.8. The number of nitrogens with one attached hydrogen (secondary N) is 1. The Bertz CT molecular complexity index is 451. The summed E-state index contributed by atoms with van der Waals surface area (Å²) in [6, 6.07) is 3.73. The van der Waals surface area contributed by atoms with Crippen molar-refractivity contribution in [1.29, 1.82) is 0 Å². The maximum Gasteiger partial charge on any atom is 0.307 e. The highest BCUT2D eigenvalue weighted by atomic mass is 32.1. The molecule has 0 aromatic carbocycles. The number of carbonyl (C=O) groups is 2. The summed E-state index contributed by atoms with van der Waals surface area (Å²) in [5.41, 5.74) is 0. The lowest BCUT2D eigenvalue weighted by atomic mass is 10.2. The molecule has 1 aromatic heterocycles. The SMILES string of the molecule is COC(=O)CC(C)NC(=O)/C=C/c1ccc(C)s1. The molecule has 0 aliphatic rings. The third kappa shape index (κ3) is 5.14. The molecule has 0 fully saturated rings. The van der Waals surface area contributed by atoms with Crippen LogP contribution in [-0.2, 0) is 14.3 Å². The zero-order valence-electron chi connectivity index (χ0n) is 10.7. The first-order valence-corrected chi connectivity index (χ1v) is 6.44. The van der Waals surface area contributed by atoms with Gasteiger partial charge < -0.3 is 10.1 Å². The molecule has 5 heteroatoms. The van der Waals surface area contributed by atoms with Crippen molar-refractivity contribution >= 4 is 29.3 Å². The van der Waals surface area contributed by atoms with Crippen molar-refractivity contribution in [3.63, 3.8) is 0 Å². The molecule has 4 nitrogen and oxygen atoms in total. The first-order chi connectivity index (χ1) is 8.51. The van der Waals surface area contributed by atoms with E-state index in [2.05, 4.69) is 10.1 Å². The van der Waals surface area contributed by atoms with Gasteiger partial charge in [-0.3, -0.25) is 9.59 Å². The number of esters is 1. The molecule has 0 bridgehead atoms. The van der Waals surface area contributed by atoms with Crippen LogP contribution < -0.4 is 5.32 Å². The lowest BCUT2D eigenvalue weighted by Crippen LogP contribution is -2.33. The van der Waals surface area contributed by atoms with E-state index >= 15 is 0 Å². The van der Waals surface area contributed by atoms with Crippen LogP contribution >= 0.6 is 11.3 Å². The number of hydrogen-bond donors (Lipinski definition) is 1. The standard InChI is InChI=1S/C13H17NO3S/c1-9(8-13(16)17-3)14-12(15)7-6-11-5-4-10(2)18-11/h4-7,9H,8H2,1-3H3,(H,14,15)/b7-6+. The molecule has 1 atom stereocenters. The van der Waals surface area contributed by atoms with E-state index in [-0.39, 0.29) is 24.3 Å². The van der Waals surface area contributed by atoms with Crippen LogP contribution in [0.3, 0.4) is 0 Å². The van der Waals surface area contributed by atoms with Crippen molar-refractivity contribution in [2.75, 3.05) is 7.11 Å². The molecular formula is C13H17NO3S. The molecule has 1 N–H and O–H groups in total. The predicted octanol–water partition coefficient (Wildman–Crippen LogP) is 2.14. The Balaban J connectivity index is 2.41. The molecule has 0 radical (unpaired) electrons. The number of aryl methyl sites for hydroxylation is 1. The Morgan fingerprint density at radius 3 is 2.78 bits per heavy atom. The Morgan fingerprint density at radius 2 is 2.22 bits per heavy atom. The lowest BCUT2D eigenvalue weighted by molar-refractivity contribution is -0.141. The summed E-state index contributed by atoms with van der Waals surface area (Å²) in [5.74, 6) is -0.543. The number of thiophene rings is 1. The fourth-order valence-electron chi connectivity index (χ4n) is 1.38.